The number of methoxy groups -OCH3 is 2. The molecule has 8 nitrogen and oxygen atoms in total. The van der Waals surface area contributed by atoms with Crippen molar-refractivity contribution in [3.63, 3.8) is 0 Å². The highest BCUT2D eigenvalue weighted by molar-refractivity contribution is 6.06. The van der Waals surface area contributed by atoms with Crippen molar-refractivity contribution in [3.05, 3.63) is 66.1 Å². The van der Waals surface area contributed by atoms with Gasteiger partial charge in [0.1, 0.15) is 17.4 Å². The van der Waals surface area contributed by atoms with E-state index in [4.69, 9.17) is 9.47 Å². The number of urea groups is 1. The number of hydrogen-bond acceptors (Lipinski definition) is 6. The van der Waals surface area contributed by atoms with E-state index in [1.54, 1.807) is 31.4 Å². The van der Waals surface area contributed by atoms with Crippen LogP contribution in [-0.4, -0.2) is 42.9 Å². The minimum atomic E-state index is -1.37. The molecule has 0 bridgehead atoms. The number of carbonyl (C=O) groups excluding carboxylic acids is 1. The Morgan fingerprint density at radius 1 is 1.06 bits per heavy atom. The van der Waals surface area contributed by atoms with Gasteiger partial charge in [-0.3, -0.25) is 0 Å². The molecule has 0 saturated heterocycles. The van der Waals surface area contributed by atoms with Crippen LogP contribution < -0.4 is 20.3 Å². The van der Waals surface area contributed by atoms with Crippen LogP contribution in [-0.2, 0) is 4.74 Å². The molecule has 2 N–H and O–H groups in total. The van der Waals surface area contributed by atoms with Gasteiger partial charge < -0.3 is 20.1 Å². The van der Waals surface area contributed by atoms with Crippen molar-refractivity contribution in [2.75, 3.05) is 36.4 Å². The van der Waals surface area contributed by atoms with E-state index >= 15 is 0 Å². The van der Waals surface area contributed by atoms with E-state index in [-0.39, 0.29) is 17.8 Å². The Bertz CT molecular complexity index is 1110. The molecule has 1 aromatic heterocycles. The minimum Gasteiger partial charge on any atom is -0.497 e. The number of nitrogens with one attached hydrogen (secondary N) is 2. The highest BCUT2D eigenvalue weighted by Crippen LogP contribution is 2.28. The van der Waals surface area contributed by atoms with Crippen molar-refractivity contribution >= 4 is 29.2 Å². The van der Waals surface area contributed by atoms with Gasteiger partial charge in [0, 0.05) is 37.5 Å². The summed E-state index contributed by atoms with van der Waals surface area (Å²) in [6.07, 6.45) is 1.44. The number of benzene rings is 2. The third-order valence-electron chi connectivity index (χ3n) is 4.45. The Kier molecular flexibility index (Phi) is 7.67. The number of aromatic nitrogens is 2. The fourth-order valence-corrected chi connectivity index (χ4v) is 2.93. The van der Waals surface area contributed by atoms with Gasteiger partial charge in [0.05, 0.1) is 25.1 Å². The molecule has 3 aromatic rings. The van der Waals surface area contributed by atoms with E-state index in [2.05, 4.69) is 20.6 Å². The first-order valence-corrected chi connectivity index (χ1v) is 9.80. The van der Waals surface area contributed by atoms with Gasteiger partial charge >= 0.3 is 6.03 Å². The van der Waals surface area contributed by atoms with Crippen LogP contribution in [0.15, 0.2) is 48.7 Å². The van der Waals surface area contributed by atoms with Crippen LogP contribution in [0.5, 0.6) is 5.75 Å². The first-order chi connectivity index (χ1) is 15.8. The first kappa shape index (κ1) is 23.8. The van der Waals surface area contributed by atoms with Gasteiger partial charge in [0.15, 0.2) is 11.6 Å². The molecule has 0 aliphatic rings. The number of halogens is 3. The molecule has 0 spiro atoms. The molecule has 3 rings (SSSR count). The smallest absolute Gasteiger partial charge is 0.332 e. The van der Waals surface area contributed by atoms with Crippen molar-refractivity contribution in [3.8, 4) is 5.75 Å². The average molecular weight is 461 g/mol. The maximum atomic E-state index is 14.1. The molecule has 174 valence electrons. The second kappa shape index (κ2) is 10.6. The number of nitrogens with zero attached hydrogens (tertiary/aromatic N) is 3. The molecule has 11 heteroatoms. The molecule has 2 amide bonds. The van der Waals surface area contributed by atoms with Crippen LogP contribution in [0.25, 0.3) is 0 Å². The van der Waals surface area contributed by atoms with Crippen LogP contribution in [0.4, 0.5) is 41.1 Å². The lowest BCUT2D eigenvalue weighted by Gasteiger charge is -2.23. The Hall–Kier alpha value is -3.86. The van der Waals surface area contributed by atoms with E-state index in [1.165, 1.54) is 19.4 Å². The lowest BCUT2D eigenvalue weighted by molar-refractivity contribution is 0.190. The molecule has 0 fully saturated rings. The third kappa shape index (κ3) is 5.89. The van der Waals surface area contributed by atoms with Crippen LogP contribution in [0.1, 0.15) is 6.92 Å². The lowest BCUT2D eigenvalue weighted by Crippen LogP contribution is -2.32. The number of amides is 2. The third-order valence-corrected chi connectivity index (χ3v) is 4.45. The van der Waals surface area contributed by atoms with Crippen molar-refractivity contribution in [1.29, 1.82) is 0 Å². The summed E-state index contributed by atoms with van der Waals surface area (Å²) in [5.41, 5.74) is -0.176. The van der Waals surface area contributed by atoms with Crippen molar-refractivity contribution in [2.45, 2.75) is 13.0 Å². The maximum absolute atomic E-state index is 14.1. The van der Waals surface area contributed by atoms with Gasteiger partial charge in [-0.2, -0.15) is 4.98 Å². The quantitative estimate of drug-likeness (QED) is 0.472. The fourth-order valence-electron chi connectivity index (χ4n) is 2.93. The zero-order chi connectivity index (χ0) is 24.0. The van der Waals surface area contributed by atoms with Crippen LogP contribution in [0.2, 0.25) is 0 Å². The maximum Gasteiger partial charge on any atom is 0.332 e. The molecule has 0 saturated carbocycles. The van der Waals surface area contributed by atoms with Crippen molar-refractivity contribution in [1.82, 2.24) is 9.97 Å². The van der Waals surface area contributed by atoms with Crippen LogP contribution >= 0.6 is 0 Å². The van der Waals surface area contributed by atoms with Gasteiger partial charge in [0.2, 0.25) is 5.95 Å². The molecular weight excluding hydrogens is 439 g/mol. The number of rotatable bonds is 8. The summed E-state index contributed by atoms with van der Waals surface area (Å²) in [5, 5.41) is 5.30. The number of anilines is 4. The van der Waals surface area contributed by atoms with Crippen LogP contribution in [0, 0.1) is 17.5 Å². The summed E-state index contributed by atoms with van der Waals surface area (Å²) in [6.45, 7) is 2.25. The molecule has 0 unspecified atom stereocenters. The normalized spacial score (nSPS) is 11.6. The molecule has 0 aliphatic heterocycles. The molecular formula is C22H22F3N5O3. The van der Waals surface area contributed by atoms with E-state index < -0.39 is 29.2 Å². The lowest BCUT2D eigenvalue weighted by atomic mass is 10.2. The van der Waals surface area contributed by atoms with Gasteiger partial charge in [-0.1, -0.05) is 0 Å². The zero-order valence-electron chi connectivity index (χ0n) is 18.1. The van der Waals surface area contributed by atoms with E-state index in [0.717, 1.165) is 4.90 Å². The van der Waals surface area contributed by atoms with E-state index in [9.17, 15) is 18.0 Å². The van der Waals surface area contributed by atoms with Gasteiger partial charge in [-0.15, -0.1) is 0 Å². The first-order valence-electron chi connectivity index (χ1n) is 9.80. The fraction of sp³-hybridized carbons (Fsp3) is 0.227. The number of ether oxygens (including phenoxy) is 2. The summed E-state index contributed by atoms with van der Waals surface area (Å²) < 4.78 is 51.3. The minimum absolute atomic E-state index is 0.121. The molecule has 2 aromatic carbocycles. The summed E-state index contributed by atoms with van der Waals surface area (Å²) in [5.74, 6) is -2.89. The summed E-state index contributed by atoms with van der Waals surface area (Å²) in [6, 6.07) is 7.82. The van der Waals surface area contributed by atoms with Crippen molar-refractivity contribution < 1.29 is 27.4 Å². The highest BCUT2D eigenvalue weighted by atomic mass is 19.2. The monoisotopic (exact) mass is 461 g/mol. The second-order valence-electron chi connectivity index (χ2n) is 6.95. The average Bonchev–Trinajstić information content (AvgIpc) is 2.78. The molecule has 0 aliphatic carbocycles. The summed E-state index contributed by atoms with van der Waals surface area (Å²) in [4.78, 5) is 22.8. The predicted octanol–water partition coefficient (Wildman–Crippen LogP) is 4.72. The SMILES string of the molecule is COC[C@H](C)Nc1nccc(N(C(=O)Nc2cc(F)c(F)cc2F)c2ccc(OC)cc2)n1. The Labute approximate surface area is 188 Å². The second-order valence-corrected chi connectivity index (χ2v) is 6.95. The molecule has 1 heterocycles. The Morgan fingerprint density at radius 3 is 2.42 bits per heavy atom. The topological polar surface area (TPSA) is 88.6 Å². The molecule has 0 radical (unpaired) electrons. The Morgan fingerprint density at radius 2 is 1.76 bits per heavy atom. The Balaban J connectivity index is 1.98. The van der Waals surface area contributed by atoms with Gasteiger partial charge in [-0.25, -0.2) is 27.8 Å². The number of carbonyl (C=O) groups is 1. The van der Waals surface area contributed by atoms with Crippen molar-refractivity contribution in [2.24, 2.45) is 0 Å². The zero-order valence-corrected chi connectivity index (χ0v) is 18.1. The van der Waals surface area contributed by atoms with Gasteiger partial charge in [-0.05, 0) is 31.2 Å². The van der Waals surface area contributed by atoms with Gasteiger partial charge in [0.25, 0.3) is 0 Å². The molecule has 1 atom stereocenters. The number of hydrogen-bond donors (Lipinski definition) is 2. The summed E-state index contributed by atoms with van der Waals surface area (Å²) >= 11 is 0. The summed E-state index contributed by atoms with van der Waals surface area (Å²) in [7, 11) is 3.05. The molecule has 33 heavy (non-hydrogen) atoms. The highest BCUT2D eigenvalue weighted by Gasteiger charge is 2.22. The van der Waals surface area contributed by atoms with Crippen LogP contribution in [0.3, 0.4) is 0 Å². The standard InChI is InChI=1S/C22H22F3N5O3/c1-13(12-32-2)27-21-26-9-8-20(29-21)30(14-4-6-15(33-3)7-5-14)22(31)28-19-11-17(24)16(23)10-18(19)25/h4-11,13H,12H2,1-3H3,(H,28,31)(H,26,27,29)/t13-/m0/s1. The van der Waals surface area contributed by atoms with E-state index in [1.807, 2.05) is 6.92 Å². The van der Waals surface area contributed by atoms with E-state index in [0.29, 0.717) is 30.2 Å². The predicted molar refractivity (Wildman–Crippen MR) is 117 cm³/mol. The largest absolute Gasteiger partial charge is 0.497 e.